The Morgan fingerprint density at radius 2 is 1.70 bits per heavy atom. The van der Waals surface area contributed by atoms with Crippen LogP contribution in [0.4, 0.5) is 0 Å². The Hall–Kier alpha value is -1.96. The largest absolute Gasteiger partial charge is 0.465 e. The normalized spacial score (nSPS) is 41.8. The third-order valence-electron chi connectivity index (χ3n) is 10.0. The van der Waals surface area contributed by atoms with Crippen LogP contribution in [0, 0.1) is 45.8 Å². The fraction of sp³-hybridized carbons (Fsp3) is 0.862. The van der Waals surface area contributed by atoms with Gasteiger partial charge >= 0.3 is 17.9 Å². The molecule has 4 rings (SSSR count). The summed E-state index contributed by atoms with van der Waals surface area (Å²) in [5, 5.41) is 0. The van der Waals surface area contributed by atoms with E-state index in [1.807, 2.05) is 13.8 Å². The van der Waals surface area contributed by atoms with E-state index in [1.165, 1.54) is 13.8 Å². The molecule has 37 heavy (non-hydrogen) atoms. The molecule has 1 aliphatic heterocycles. The third-order valence-corrected chi connectivity index (χ3v) is 10.0. The first-order valence-corrected chi connectivity index (χ1v) is 13.9. The molecule has 9 atom stereocenters. The molecular weight excluding hydrogens is 476 g/mol. The number of carbonyl (C=O) groups excluding carboxylic acids is 4. The predicted octanol–water partition coefficient (Wildman–Crippen LogP) is 4.47. The van der Waals surface area contributed by atoms with Gasteiger partial charge in [0.2, 0.25) is 6.29 Å². The lowest BCUT2D eigenvalue weighted by molar-refractivity contribution is -0.237. The minimum Gasteiger partial charge on any atom is -0.465 e. The van der Waals surface area contributed by atoms with Crippen LogP contribution < -0.4 is 0 Å². The standard InChI is InChI=1S/C29H44O8/c1-16(2)13-21(33)34-15-29-12-9-20-27(5,6)10-8-11-28(20,7)25(29)24-23(35-17(3)31)22(19(29)14-30)26(37-24)36-18(4)32/h14,16,19-20,22-26H,8-13,15H2,1-7H3. The zero-order valence-electron chi connectivity index (χ0n) is 23.4. The van der Waals surface area contributed by atoms with Crippen LogP contribution in [0.25, 0.3) is 0 Å². The monoisotopic (exact) mass is 520 g/mol. The number of ether oxygens (including phenoxy) is 4. The summed E-state index contributed by atoms with van der Waals surface area (Å²) in [7, 11) is 0. The average molecular weight is 521 g/mol. The molecule has 0 radical (unpaired) electrons. The zero-order chi connectivity index (χ0) is 27.3. The summed E-state index contributed by atoms with van der Waals surface area (Å²) in [5.41, 5.74) is -0.857. The highest BCUT2D eigenvalue weighted by atomic mass is 16.7. The second-order valence-electron chi connectivity index (χ2n) is 13.3. The summed E-state index contributed by atoms with van der Waals surface area (Å²) in [6.07, 6.45) is 3.60. The first kappa shape index (κ1) is 28.1. The van der Waals surface area contributed by atoms with Crippen molar-refractivity contribution in [3.05, 3.63) is 0 Å². The van der Waals surface area contributed by atoms with E-state index in [4.69, 9.17) is 18.9 Å². The molecule has 3 aliphatic carbocycles. The van der Waals surface area contributed by atoms with Crippen LogP contribution in [-0.4, -0.2) is 49.3 Å². The molecule has 1 heterocycles. The van der Waals surface area contributed by atoms with Crippen LogP contribution in [0.1, 0.15) is 87.0 Å². The van der Waals surface area contributed by atoms with Gasteiger partial charge in [-0.25, -0.2) is 0 Å². The molecule has 9 unspecified atom stereocenters. The van der Waals surface area contributed by atoms with Crippen LogP contribution >= 0.6 is 0 Å². The first-order valence-electron chi connectivity index (χ1n) is 13.9. The van der Waals surface area contributed by atoms with Gasteiger partial charge in [-0.3, -0.25) is 14.4 Å². The molecule has 0 N–H and O–H groups in total. The molecule has 4 fully saturated rings. The summed E-state index contributed by atoms with van der Waals surface area (Å²) in [4.78, 5) is 50.0. The number of esters is 3. The number of rotatable bonds is 7. The fourth-order valence-corrected chi connectivity index (χ4v) is 8.98. The number of aldehydes is 1. The van der Waals surface area contributed by atoms with Gasteiger partial charge in [-0.1, -0.05) is 41.0 Å². The summed E-state index contributed by atoms with van der Waals surface area (Å²) < 4.78 is 23.9. The second kappa shape index (κ2) is 9.97. The molecule has 8 heteroatoms. The van der Waals surface area contributed by atoms with Gasteiger partial charge in [0.1, 0.15) is 18.5 Å². The van der Waals surface area contributed by atoms with E-state index >= 15 is 0 Å². The number of hydrogen-bond acceptors (Lipinski definition) is 8. The molecule has 8 nitrogen and oxygen atoms in total. The van der Waals surface area contributed by atoms with Crippen molar-refractivity contribution in [3.63, 3.8) is 0 Å². The van der Waals surface area contributed by atoms with E-state index in [0.717, 1.165) is 32.0 Å². The molecule has 0 aromatic heterocycles. The van der Waals surface area contributed by atoms with Gasteiger partial charge in [0, 0.05) is 37.5 Å². The summed E-state index contributed by atoms with van der Waals surface area (Å²) in [6, 6.07) is 0. The molecule has 3 saturated carbocycles. The molecular formula is C29H44O8. The van der Waals surface area contributed by atoms with E-state index in [0.29, 0.717) is 18.8 Å². The lowest BCUT2D eigenvalue weighted by Gasteiger charge is -2.66. The molecule has 1 saturated heterocycles. The maximum absolute atomic E-state index is 13.0. The Morgan fingerprint density at radius 3 is 2.30 bits per heavy atom. The number of hydrogen-bond donors (Lipinski definition) is 0. The molecule has 0 aromatic carbocycles. The minimum absolute atomic E-state index is 0.0891. The third kappa shape index (κ3) is 4.72. The van der Waals surface area contributed by atoms with Gasteiger partial charge in [-0.05, 0) is 48.3 Å². The van der Waals surface area contributed by atoms with Crippen molar-refractivity contribution in [1.29, 1.82) is 0 Å². The predicted molar refractivity (Wildman–Crippen MR) is 134 cm³/mol. The maximum atomic E-state index is 13.0. The second-order valence-corrected chi connectivity index (χ2v) is 13.3. The molecule has 2 bridgehead atoms. The lowest BCUT2D eigenvalue weighted by Crippen LogP contribution is -2.68. The number of carbonyl (C=O) groups is 4. The van der Waals surface area contributed by atoms with Crippen molar-refractivity contribution < 1.29 is 38.1 Å². The van der Waals surface area contributed by atoms with Gasteiger partial charge in [-0.15, -0.1) is 0 Å². The van der Waals surface area contributed by atoms with Crippen molar-refractivity contribution in [3.8, 4) is 0 Å². The van der Waals surface area contributed by atoms with Crippen LogP contribution in [0.2, 0.25) is 0 Å². The van der Waals surface area contributed by atoms with E-state index in [9.17, 15) is 19.2 Å². The van der Waals surface area contributed by atoms with E-state index in [1.54, 1.807) is 0 Å². The SMILES string of the molecule is CC(=O)OC1OC2C(OC(C)=O)C1C(C=O)C1(COC(=O)CC(C)C)CCC3C(C)(C)CCCC3(C)C21. The molecule has 0 spiro atoms. The van der Waals surface area contributed by atoms with Crippen molar-refractivity contribution >= 4 is 24.2 Å². The van der Waals surface area contributed by atoms with Crippen molar-refractivity contribution in [2.24, 2.45) is 45.8 Å². The Labute approximate surface area is 220 Å². The smallest absolute Gasteiger partial charge is 0.306 e. The van der Waals surface area contributed by atoms with Gasteiger partial charge in [0.25, 0.3) is 0 Å². The Kier molecular flexibility index (Phi) is 7.56. The van der Waals surface area contributed by atoms with Crippen LogP contribution in [0.3, 0.4) is 0 Å². The Morgan fingerprint density at radius 1 is 1.03 bits per heavy atom. The number of fused-ring (bicyclic) bond motifs is 6. The van der Waals surface area contributed by atoms with E-state index in [2.05, 4.69) is 20.8 Å². The van der Waals surface area contributed by atoms with Gasteiger partial charge in [0.05, 0.1) is 12.5 Å². The topological polar surface area (TPSA) is 105 Å². The highest BCUT2D eigenvalue weighted by Crippen LogP contribution is 2.71. The maximum Gasteiger partial charge on any atom is 0.306 e. The Bertz CT molecular complexity index is 927. The molecule has 0 amide bonds. The highest BCUT2D eigenvalue weighted by Gasteiger charge is 2.74. The molecule has 0 aromatic rings. The van der Waals surface area contributed by atoms with Crippen molar-refractivity contribution in [1.82, 2.24) is 0 Å². The highest BCUT2D eigenvalue weighted by molar-refractivity contribution is 5.70. The minimum atomic E-state index is -1.01. The molecule has 208 valence electrons. The van der Waals surface area contributed by atoms with Gasteiger partial charge in [0.15, 0.2) is 0 Å². The van der Waals surface area contributed by atoms with E-state index < -0.39 is 47.7 Å². The van der Waals surface area contributed by atoms with Crippen LogP contribution in [0.5, 0.6) is 0 Å². The molecule has 4 aliphatic rings. The van der Waals surface area contributed by atoms with E-state index in [-0.39, 0.29) is 35.2 Å². The Balaban J connectivity index is 1.85. The van der Waals surface area contributed by atoms with Crippen LogP contribution in [-0.2, 0) is 38.1 Å². The lowest BCUT2D eigenvalue weighted by atomic mass is 9.38. The average Bonchev–Trinajstić information content (AvgIpc) is 3.00. The summed E-state index contributed by atoms with van der Waals surface area (Å²) >= 11 is 0. The fourth-order valence-electron chi connectivity index (χ4n) is 8.98. The first-order chi connectivity index (χ1) is 17.3. The van der Waals surface area contributed by atoms with Crippen molar-refractivity contribution in [2.45, 2.75) is 105 Å². The summed E-state index contributed by atoms with van der Waals surface area (Å²) in [6.45, 7) is 13.6. The van der Waals surface area contributed by atoms with Gasteiger partial charge < -0.3 is 23.7 Å². The van der Waals surface area contributed by atoms with Crippen molar-refractivity contribution in [2.75, 3.05) is 6.61 Å². The quantitative estimate of drug-likeness (QED) is 0.275. The zero-order valence-corrected chi connectivity index (χ0v) is 23.4. The van der Waals surface area contributed by atoms with Crippen LogP contribution in [0.15, 0.2) is 0 Å². The summed E-state index contributed by atoms with van der Waals surface area (Å²) in [5.74, 6) is -2.30. The van der Waals surface area contributed by atoms with Gasteiger partial charge in [-0.2, -0.15) is 0 Å².